The Bertz CT molecular complexity index is 950. The second-order valence-corrected chi connectivity index (χ2v) is 8.56. The first kappa shape index (κ1) is 21.1. The van der Waals surface area contributed by atoms with Crippen LogP contribution in [0.15, 0.2) is 48.5 Å². The fourth-order valence-electron chi connectivity index (χ4n) is 3.20. The van der Waals surface area contributed by atoms with E-state index >= 15 is 0 Å². The summed E-state index contributed by atoms with van der Waals surface area (Å²) >= 11 is 0. The summed E-state index contributed by atoms with van der Waals surface area (Å²) < 4.78 is 38.9. The fourth-order valence-corrected chi connectivity index (χ4v) is 4.84. The number of carbonyl (C=O) groups excluding carboxylic acids is 1. The van der Waals surface area contributed by atoms with Crippen molar-refractivity contribution in [2.24, 2.45) is 0 Å². The molecule has 3 rings (SSSR count). The van der Waals surface area contributed by atoms with Gasteiger partial charge in [0.05, 0.1) is 20.8 Å². The highest BCUT2D eigenvalue weighted by Crippen LogP contribution is 2.29. The van der Waals surface area contributed by atoms with Gasteiger partial charge >= 0.3 is 0 Å². The van der Waals surface area contributed by atoms with Crippen molar-refractivity contribution in [2.75, 3.05) is 39.2 Å². The molecule has 1 saturated heterocycles. The van der Waals surface area contributed by atoms with Crippen LogP contribution in [0.25, 0.3) is 0 Å². The molecule has 0 bridgehead atoms. The summed E-state index contributed by atoms with van der Waals surface area (Å²) in [6.45, 7) is 0.789. The SMILES string of the molecule is COc1ccc(NC(=O)CN2CCCN(Cc3ccccc3)S2(=O)=O)cc1OC. The van der Waals surface area contributed by atoms with Crippen molar-refractivity contribution in [3.05, 3.63) is 54.1 Å². The van der Waals surface area contributed by atoms with Gasteiger partial charge in [-0.3, -0.25) is 4.79 Å². The maximum atomic E-state index is 12.9. The van der Waals surface area contributed by atoms with Gasteiger partial charge in [-0.1, -0.05) is 30.3 Å². The van der Waals surface area contributed by atoms with Crippen LogP contribution in [0.5, 0.6) is 11.5 Å². The second kappa shape index (κ2) is 9.25. The summed E-state index contributed by atoms with van der Waals surface area (Å²) in [5, 5.41) is 2.72. The minimum absolute atomic E-state index is 0.248. The van der Waals surface area contributed by atoms with E-state index < -0.39 is 16.1 Å². The van der Waals surface area contributed by atoms with E-state index in [9.17, 15) is 13.2 Å². The Morgan fingerprint density at radius 1 is 1.00 bits per heavy atom. The van der Waals surface area contributed by atoms with Crippen molar-refractivity contribution in [1.82, 2.24) is 8.61 Å². The van der Waals surface area contributed by atoms with Crippen LogP contribution in [0.4, 0.5) is 5.69 Å². The molecule has 1 fully saturated rings. The number of methoxy groups -OCH3 is 2. The van der Waals surface area contributed by atoms with Crippen molar-refractivity contribution in [2.45, 2.75) is 13.0 Å². The molecule has 1 heterocycles. The number of nitrogens with one attached hydrogen (secondary N) is 1. The van der Waals surface area contributed by atoms with Crippen molar-refractivity contribution in [1.29, 1.82) is 0 Å². The van der Waals surface area contributed by atoms with Crippen LogP contribution in [-0.4, -0.2) is 56.8 Å². The molecule has 1 amide bonds. The van der Waals surface area contributed by atoms with Gasteiger partial charge in [0.1, 0.15) is 0 Å². The highest BCUT2D eigenvalue weighted by Gasteiger charge is 2.34. The van der Waals surface area contributed by atoms with Crippen LogP contribution < -0.4 is 14.8 Å². The molecule has 2 aromatic carbocycles. The first-order chi connectivity index (χ1) is 13.9. The predicted molar refractivity (Wildman–Crippen MR) is 110 cm³/mol. The van der Waals surface area contributed by atoms with Gasteiger partial charge in [0.15, 0.2) is 11.5 Å². The lowest BCUT2D eigenvalue weighted by Gasteiger charge is -2.34. The van der Waals surface area contributed by atoms with Gasteiger partial charge in [-0.2, -0.15) is 17.0 Å². The van der Waals surface area contributed by atoms with Gasteiger partial charge in [-0.05, 0) is 24.1 Å². The van der Waals surface area contributed by atoms with E-state index in [0.29, 0.717) is 36.7 Å². The lowest BCUT2D eigenvalue weighted by atomic mass is 10.2. The van der Waals surface area contributed by atoms with Crippen molar-refractivity contribution in [3.63, 3.8) is 0 Å². The number of anilines is 1. The Morgan fingerprint density at radius 2 is 1.69 bits per heavy atom. The standard InChI is InChI=1S/C20H25N3O5S/c1-27-18-10-9-17(13-19(18)28-2)21-20(24)15-23-12-6-11-22(29(23,25)26)14-16-7-4-3-5-8-16/h3-5,7-10,13H,6,11-12,14-15H2,1-2H3,(H,21,24). The lowest BCUT2D eigenvalue weighted by molar-refractivity contribution is -0.116. The van der Waals surface area contributed by atoms with Gasteiger partial charge < -0.3 is 14.8 Å². The zero-order chi connectivity index (χ0) is 20.9. The van der Waals surface area contributed by atoms with Crippen LogP contribution in [0, 0.1) is 0 Å². The molecule has 1 N–H and O–H groups in total. The van der Waals surface area contributed by atoms with Crippen molar-refractivity contribution in [3.8, 4) is 11.5 Å². The van der Waals surface area contributed by atoms with E-state index in [1.165, 1.54) is 22.8 Å². The quantitative estimate of drug-likeness (QED) is 0.743. The highest BCUT2D eigenvalue weighted by atomic mass is 32.2. The third-order valence-electron chi connectivity index (χ3n) is 4.66. The minimum atomic E-state index is -3.71. The number of hydrogen-bond donors (Lipinski definition) is 1. The summed E-state index contributed by atoms with van der Waals surface area (Å²) in [7, 11) is -0.681. The average molecular weight is 420 g/mol. The number of amides is 1. The molecule has 9 heteroatoms. The van der Waals surface area contributed by atoms with E-state index in [1.54, 1.807) is 18.2 Å². The number of rotatable bonds is 7. The number of benzene rings is 2. The smallest absolute Gasteiger partial charge is 0.282 e. The number of hydrogen-bond acceptors (Lipinski definition) is 5. The minimum Gasteiger partial charge on any atom is -0.493 e. The molecular formula is C20H25N3O5S. The molecule has 0 atom stereocenters. The topological polar surface area (TPSA) is 88.2 Å². The molecule has 8 nitrogen and oxygen atoms in total. The molecule has 0 unspecified atom stereocenters. The van der Waals surface area contributed by atoms with E-state index in [4.69, 9.17) is 9.47 Å². The van der Waals surface area contributed by atoms with Crippen LogP contribution in [-0.2, 0) is 21.5 Å². The molecule has 1 aliphatic heterocycles. The molecule has 0 aliphatic carbocycles. The van der Waals surface area contributed by atoms with Crippen LogP contribution in [0.1, 0.15) is 12.0 Å². The average Bonchev–Trinajstić information content (AvgIpc) is 2.72. The summed E-state index contributed by atoms with van der Waals surface area (Å²) in [6.07, 6.45) is 0.662. The maximum Gasteiger partial charge on any atom is 0.282 e. The first-order valence-electron chi connectivity index (χ1n) is 9.25. The Hall–Kier alpha value is -2.62. The Kier molecular flexibility index (Phi) is 6.73. The number of ether oxygens (including phenoxy) is 2. The fraction of sp³-hybridized carbons (Fsp3) is 0.350. The third kappa shape index (κ3) is 5.06. The van der Waals surface area contributed by atoms with E-state index in [1.807, 2.05) is 30.3 Å². The monoisotopic (exact) mass is 419 g/mol. The van der Waals surface area contributed by atoms with E-state index in [2.05, 4.69) is 5.32 Å². The van der Waals surface area contributed by atoms with Gasteiger partial charge in [0, 0.05) is 31.4 Å². The molecule has 0 saturated carbocycles. The third-order valence-corrected chi connectivity index (χ3v) is 6.59. The molecule has 1 aliphatic rings. The Labute approximate surface area is 171 Å². The molecule has 0 spiro atoms. The first-order valence-corrected chi connectivity index (χ1v) is 10.6. The molecular weight excluding hydrogens is 394 g/mol. The van der Waals surface area contributed by atoms with Gasteiger partial charge in [0.25, 0.3) is 10.2 Å². The second-order valence-electron chi connectivity index (χ2n) is 6.63. The summed E-state index contributed by atoms with van der Waals surface area (Å²) in [5.41, 5.74) is 1.41. The molecule has 156 valence electrons. The van der Waals surface area contributed by atoms with E-state index in [-0.39, 0.29) is 13.1 Å². The summed E-state index contributed by atoms with van der Waals surface area (Å²) in [5.74, 6) is 0.605. The molecule has 2 aromatic rings. The van der Waals surface area contributed by atoms with Crippen molar-refractivity contribution < 1.29 is 22.7 Å². The number of nitrogens with zero attached hydrogens (tertiary/aromatic N) is 2. The van der Waals surface area contributed by atoms with Crippen LogP contribution in [0.3, 0.4) is 0 Å². The molecule has 29 heavy (non-hydrogen) atoms. The maximum absolute atomic E-state index is 12.9. The van der Waals surface area contributed by atoms with Crippen LogP contribution >= 0.6 is 0 Å². The predicted octanol–water partition coefficient (Wildman–Crippen LogP) is 2.09. The highest BCUT2D eigenvalue weighted by molar-refractivity contribution is 7.86. The summed E-state index contributed by atoms with van der Waals surface area (Å²) in [6, 6.07) is 14.4. The number of carbonyl (C=O) groups is 1. The van der Waals surface area contributed by atoms with E-state index in [0.717, 1.165) is 5.56 Å². The normalized spacial score (nSPS) is 16.9. The Balaban J connectivity index is 1.66. The Morgan fingerprint density at radius 3 is 2.38 bits per heavy atom. The molecule has 0 radical (unpaired) electrons. The largest absolute Gasteiger partial charge is 0.493 e. The van der Waals surface area contributed by atoms with Gasteiger partial charge in [0.2, 0.25) is 5.91 Å². The lowest BCUT2D eigenvalue weighted by Crippen LogP contribution is -2.51. The van der Waals surface area contributed by atoms with Crippen molar-refractivity contribution >= 4 is 21.8 Å². The molecule has 0 aromatic heterocycles. The van der Waals surface area contributed by atoms with Gasteiger partial charge in [-0.15, -0.1) is 0 Å². The summed E-state index contributed by atoms with van der Waals surface area (Å²) in [4.78, 5) is 12.5. The van der Waals surface area contributed by atoms with Crippen LogP contribution in [0.2, 0.25) is 0 Å². The van der Waals surface area contributed by atoms with Gasteiger partial charge in [-0.25, -0.2) is 0 Å². The zero-order valence-corrected chi connectivity index (χ0v) is 17.3. The zero-order valence-electron chi connectivity index (χ0n) is 16.5.